The number of alkyl halides is 1. The van der Waals surface area contributed by atoms with Gasteiger partial charge in [0.25, 0.3) is 0 Å². The van der Waals surface area contributed by atoms with Crippen LogP contribution in [0.2, 0.25) is 5.02 Å². The first-order valence-electron chi connectivity index (χ1n) is 24.5. The van der Waals surface area contributed by atoms with Gasteiger partial charge in [0, 0.05) is 51.8 Å². The molecule has 6 N–H and O–H groups in total. The van der Waals surface area contributed by atoms with Crippen LogP contribution in [0.5, 0.6) is 5.75 Å². The van der Waals surface area contributed by atoms with Crippen LogP contribution in [-0.4, -0.2) is 106 Å². The Kier molecular flexibility index (Phi) is 24.1. The topological polar surface area (TPSA) is 309 Å². The molecule has 0 saturated carbocycles. The molecule has 4 aromatic rings. The Morgan fingerprint density at radius 2 is 1.31 bits per heavy atom. The molecule has 2 heterocycles. The van der Waals surface area contributed by atoms with Crippen LogP contribution in [0.4, 0.5) is 15.4 Å². The zero-order valence-electron chi connectivity index (χ0n) is 44.4. The lowest BCUT2D eigenvalue weighted by Crippen LogP contribution is -2.47. The van der Waals surface area contributed by atoms with Crippen molar-refractivity contribution in [2.75, 3.05) is 32.0 Å². The highest BCUT2D eigenvalue weighted by Crippen LogP contribution is 2.37. The Morgan fingerprint density at radius 3 is 1.83 bits per heavy atom. The lowest BCUT2D eigenvalue weighted by atomic mass is 9.97. The summed E-state index contributed by atoms with van der Waals surface area (Å²) in [6.45, 7) is 14.7. The first-order chi connectivity index (χ1) is 36.2. The van der Waals surface area contributed by atoms with E-state index in [0.29, 0.717) is 22.2 Å². The second kappa shape index (κ2) is 29.6. The number of nitrogen functional groups attached to an aromatic ring is 1. The number of esters is 2. The lowest BCUT2D eigenvalue weighted by Gasteiger charge is -2.25. The predicted octanol–water partition coefficient (Wildman–Crippen LogP) is 8.57. The van der Waals surface area contributed by atoms with Crippen molar-refractivity contribution in [3.63, 3.8) is 0 Å². The number of pyridine rings is 1. The average molecular weight is 1210 g/mol. The van der Waals surface area contributed by atoms with Crippen LogP contribution in [0.15, 0.2) is 64.2 Å². The molecule has 0 aliphatic carbocycles. The molecule has 0 aliphatic rings. The third kappa shape index (κ3) is 22.0. The largest absolute Gasteiger partial charge is 0.490 e. The van der Waals surface area contributed by atoms with Crippen molar-refractivity contribution in [3.8, 4) is 40.5 Å². The second-order valence-corrected chi connectivity index (χ2v) is 23.4. The molecule has 24 heteroatoms. The van der Waals surface area contributed by atoms with Crippen LogP contribution in [0.3, 0.4) is 0 Å². The molecule has 0 bridgehead atoms. The molecule has 4 amide bonds. The van der Waals surface area contributed by atoms with E-state index in [1.807, 2.05) is 20.8 Å². The van der Waals surface area contributed by atoms with Gasteiger partial charge < -0.3 is 55.1 Å². The van der Waals surface area contributed by atoms with E-state index in [1.165, 1.54) is 18.0 Å². The summed E-state index contributed by atoms with van der Waals surface area (Å²) in [5.41, 5.74) is 6.82. The normalized spacial score (nSPS) is 12.9. The van der Waals surface area contributed by atoms with Crippen molar-refractivity contribution in [3.05, 3.63) is 76.6 Å². The van der Waals surface area contributed by atoms with Gasteiger partial charge in [0.1, 0.15) is 77.1 Å². The average Bonchev–Trinajstić information content (AvgIpc) is 3.81. The van der Waals surface area contributed by atoms with Crippen molar-refractivity contribution < 1.29 is 56.9 Å². The fourth-order valence-electron chi connectivity index (χ4n) is 6.92. The number of amides is 4. The highest BCUT2D eigenvalue weighted by atomic mass is 127. The molecule has 2 aromatic carbocycles. The van der Waals surface area contributed by atoms with Gasteiger partial charge >= 0.3 is 24.1 Å². The number of nitrogens with one attached hydrogen (secondary N) is 4. The summed E-state index contributed by atoms with van der Waals surface area (Å²) >= 11 is 9.31. The van der Waals surface area contributed by atoms with E-state index in [2.05, 4.69) is 66.0 Å². The molecule has 0 radical (unpaired) electrons. The highest BCUT2D eigenvalue weighted by Gasteiger charge is 2.31. The number of alkyl carbamates (subject to hydrolysis) is 2. The van der Waals surface area contributed by atoms with Gasteiger partial charge in [-0.25, -0.2) is 29.1 Å². The monoisotopic (exact) mass is 1210 g/mol. The van der Waals surface area contributed by atoms with E-state index >= 15 is 0 Å². The molecule has 0 spiro atoms. The molecule has 0 saturated heterocycles. The maximum Gasteiger partial charge on any atom is 0.407 e. The van der Waals surface area contributed by atoms with Gasteiger partial charge in [-0.2, -0.15) is 10.5 Å². The number of ether oxygens (including phenoxy) is 5. The van der Waals surface area contributed by atoms with Gasteiger partial charge in [-0.05, 0) is 102 Å². The van der Waals surface area contributed by atoms with E-state index in [4.69, 9.17) is 45.4 Å². The Balaban J connectivity index is 1.54. The van der Waals surface area contributed by atoms with Gasteiger partial charge in [-0.1, -0.05) is 78.9 Å². The van der Waals surface area contributed by atoms with Crippen molar-refractivity contribution in [2.45, 2.75) is 132 Å². The summed E-state index contributed by atoms with van der Waals surface area (Å²) in [6, 6.07) is 15.2. The Morgan fingerprint density at radius 1 is 0.766 bits per heavy atom. The number of oxazole rings is 1. The molecule has 21 nitrogen and oxygen atoms in total. The maximum absolute atomic E-state index is 13.9. The minimum atomic E-state index is -1.28. The maximum atomic E-state index is 13.9. The number of benzene rings is 2. The minimum absolute atomic E-state index is 0.0222. The number of hydrogen-bond donors (Lipinski definition) is 5. The molecule has 4 rings (SSSR count). The smallest absolute Gasteiger partial charge is 0.407 e. The van der Waals surface area contributed by atoms with Gasteiger partial charge in [0.05, 0.1) is 11.3 Å². The third-order valence-corrected chi connectivity index (χ3v) is 12.0. The summed E-state index contributed by atoms with van der Waals surface area (Å²) in [7, 11) is 0. The number of aromatic nitrogens is 2. The van der Waals surface area contributed by atoms with E-state index in [0.717, 1.165) is 5.56 Å². The quantitative estimate of drug-likeness (QED) is 0.0136. The number of halogens is 2. The molecular weight excluding hydrogens is 1150 g/mol. The number of nitriles is 2. The zero-order valence-corrected chi connectivity index (χ0v) is 48.1. The van der Waals surface area contributed by atoms with Crippen molar-refractivity contribution in [2.24, 2.45) is 5.92 Å². The molecule has 1 unspecified atom stereocenters. The van der Waals surface area contributed by atoms with Gasteiger partial charge in [0.15, 0.2) is 6.10 Å². The fraction of sp³-hybridized carbons (Fsp3) is 0.472. The minimum Gasteiger partial charge on any atom is -0.490 e. The van der Waals surface area contributed by atoms with Crippen LogP contribution in [0.1, 0.15) is 105 Å². The van der Waals surface area contributed by atoms with E-state index in [1.54, 1.807) is 90.1 Å². The van der Waals surface area contributed by atoms with Crippen LogP contribution >= 0.6 is 46.0 Å². The number of carbonyl (C=O) groups excluding carboxylic acids is 6. The molecular formula is C53H65ClIN9O12S. The number of nitrogens with two attached hydrogens (primary N) is 1. The first kappa shape index (κ1) is 62.7. The van der Waals surface area contributed by atoms with E-state index in [9.17, 15) is 39.3 Å². The third-order valence-electron chi connectivity index (χ3n) is 10.2. The zero-order chi connectivity index (χ0) is 57.0. The SMILES string of the molecule is CC(C)C[C@H](NC(=O)CCNC(=O)OC(C)(C)C)C(=O)OC[C@H](COc1ccc(-c2c(C#N)c(N)nc(SCc3coc(-c4ccc(Cl)cc4)n3)c2C#N)cc1)OC(=O)[C@H](CC(C)I)NC(=O)CCNC(=O)OC(C)(C)C. The number of anilines is 1. The predicted molar refractivity (Wildman–Crippen MR) is 295 cm³/mol. The fourth-order valence-corrected chi connectivity index (χ4v) is 8.43. The lowest BCUT2D eigenvalue weighted by molar-refractivity contribution is -0.164. The summed E-state index contributed by atoms with van der Waals surface area (Å²) in [5.74, 6) is -2.12. The van der Waals surface area contributed by atoms with E-state index < -0.39 is 71.9 Å². The number of rotatable bonds is 25. The Labute approximate surface area is 470 Å². The van der Waals surface area contributed by atoms with Gasteiger partial charge in [-0.15, -0.1) is 0 Å². The summed E-state index contributed by atoms with van der Waals surface area (Å²) < 4.78 is 33.7. The first-order valence-corrected chi connectivity index (χ1v) is 27.1. The summed E-state index contributed by atoms with van der Waals surface area (Å²) in [6.07, 6.45) is -1.24. The highest BCUT2D eigenvalue weighted by molar-refractivity contribution is 14.1. The molecule has 2 aromatic heterocycles. The number of thioether (sulfide) groups is 1. The number of nitrogens with zero attached hydrogens (tertiary/aromatic N) is 4. The van der Waals surface area contributed by atoms with Gasteiger partial charge in [-0.3, -0.25) is 9.59 Å². The van der Waals surface area contributed by atoms with Crippen LogP contribution in [0, 0.1) is 28.6 Å². The number of carbonyl (C=O) groups is 6. The number of hydrogen-bond acceptors (Lipinski definition) is 18. The van der Waals surface area contributed by atoms with Crippen molar-refractivity contribution in [1.29, 1.82) is 10.5 Å². The molecule has 0 fully saturated rings. The van der Waals surface area contributed by atoms with E-state index in [-0.39, 0.29) is 94.3 Å². The molecule has 77 heavy (non-hydrogen) atoms. The summed E-state index contributed by atoms with van der Waals surface area (Å²) in [4.78, 5) is 86.9. The standard InChI is InChI=1S/C53H65ClIN9O12S/c1-30(2)22-40(62-42(65)18-20-59-50(69)75-52(4,5)6)48(67)73-28-37(74-49(68)41(23-31(3)55)63-43(66)19-21-60-51(70)76-53(7,8)9)27-71-36-16-12-32(13-17-36)44-38(24-56)45(58)64-47(39(44)25-57)77-29-35-26-72-46(61-35)33-10-14-34(54)15-11-33/h10-17,26,30-31,37,40-41H,18-23,27-29H2,1-9H3,(H2,58,64)(H,59,69)(H,60,70)(H,62,65)(H,63,66)/t31?,37-,40-,41-/m0/s1. The molecule has 4 atom stereocenters. The second-order valence-electron chi connectivity index (χ2n) is 19.9. The Bertz CT molecular complexity index is 2770. The molecule has 414 valence electrons. The van der Waals surface area contributed by atoms with Crippen LogP contribution in [-0.2, 0) is 43.9 Å². The van der Waals surface area contributed by atoms with Crippen LogP contribution < -0.4 is 31.7 Å². The Hall–Kier alpha value is -6.83. The van der Waals surface area contributed by atoms with Crippen LogP contribution in [0.25, 0.3) is 22.6 Å². The van der Waals surface area contributed by atoms with Crippen molar-refractivity contribution in [1.82, 2.24) is 31.2 Å². The van der Waals surface area contributed by atoms with Gasteiger partial charge in [0.2, 0.25) is 17.7 Å². The molecule has 0 aliphatic heterocycles. The van der Waals surface area contributed by atoms with Crippen molar-refractivity contribution >= 4 is 87.7 Å². The summed E-state index contributed by atoms with van der Waals surface area (Å²) in [5, 5.41) is 31.8.